The molecule has 0 N–H and O–H groups in total. The third-order valence-electron chi connectivity index (χ3n) is 5.97. The van der Waals surface area contributed by atoms with Gasteiger partial charge < -0.3 is 18.9 Å². The van der Waals surface area contributed by atoms with Crippen molar-refractivity contribution in [3.05, 3.63) is 45.1 Å². The Kier molecular flexibility index (Phi) is 7.04. The lowest BCUT2D eigenvalue weighted by Gasteiger charge is -2.22. The van der Waals surface area contributed by atoms with Gasteiger partial charge in [0.25, 0.3) is 5.56 Å². The smallest absolute Gasteiger partial charge is 0.333 e. The standard InChI is InChI=1S/C24H31N5O5/c1-4-6-15-34-19(30)16-29-22(31)20-21(26(3)24(29)32)25-23-27(13-7-8-14-28(20)23)17-9-11-18(12-10-17)33-5-2/h9-12H,4-8,13-16H2,1-3H3. The first-order chi connectivity index (χ1) is 16.5. The monoisotopic (exact) mass is 469 g/mol. The molecule has 1 aromatic carbocycles. The normalized spacial score (nSPS) is 13.6. The van der Waals surface area contributed by atoms with Crippen LogP contribution in [-0.4, -0.2) is 44.4 Å². The molecule has 0 fully saturated rings. The molecule has 3 aromatic rings. The zero-order chi connectivity index (χ0) is 24.2. The molecule has 0 saturated carbocycles. The Bertz CT molecular complexity index is 1290. The highest BCUT2D eigenvalue weighted by Gasteiger charge is 2.26. The van der Waals surface area contributed by atoms with Crippen LogP contribution in [0.25, 0.3) is 11.2 Å². The van der Waals surface area contributed by atoms with Crippen molar-refractivity contribution in [2.24, 2.45) is 7.05 Å². The number of rotatable bonds is 8. The van der Waals surface area contributed by atoms with E-state index in [0.717, 1.165) is 48.2 Å². The third-order valence-corrected chi connectivity index (χ3v) is 5.97. The van der Waals surface area contributed by atoms with Gasteiger partial charge in [0.2, 0.25) is 5.95 Å². The number of benzene rings is 1. The predicted octanol–water partition coefficient (Wildman–Crippen LogP) is 2.57. The average molecular weight is 470 g/mol. The van der Waals surface area contributed by atoms with Crippen molar-refractivity contribution in [1.29, 1.82) is 0 Å². The molecule has 10 nitrogen and oxygen atoms in total. The van der Waals surface area contributed by atoms with E-state index >= 15 is 0 Å². The second kappa shape index (κ2) is 10.1. The summed E-state index contributed by atoms with van der Waals surface area (Å²) in [5, 5.41) is 0. The zero-order valence-corrected chi connectivity index (χ0v) is 20.0. The molecule has 0 bridgehead atoms. The summed E-state index contributed by atoms with van der Waals surface area (Å²) in [7, 11) is 1.57. The van der Waals surface area contributed by atoms with Crippen molar-refractivity contribution >= 4 is 28.8 Å². The number of fused-ring (bicyclic) bond motifs is 3. The van der Waals surface area contributed by atoms with E-state index in [9.17, 15) is 14.4 Å². The summed E-state index contributed by atoms with van der Waals surface area (Å²) in [4.78, 5) is 45.4. The lowest BCUT2D eigenvalue weighted by atomic mass is 10.2. The molecule has 0 atom stereocenters. The maximum atomic E-state index is 13.4. The Balaban J connectivity index is 1.78. The number of hydrogen-bond acceptors (Lipinski definition) is 7. The predicted molar refractivity (Wildman–Crippen MR) is 129 cm³/mol. The van der Waals surface area contributed by atoms with Gasteiger partial charge in [0.1, 0.15) is 12.3 Å². The van der Waals surface area contributed by atoms with Gasteiger partial charge in [-0.25, -0.2) is 9.36 Å². The molecule has 34 heavy (non-hydrogen) atoms. The van der Waals surface area contributed by atoms with Crippen LogP contribution in [-0.2, 0) is 29.7 Å². The summed E-state index contributed by atoms with van der Waals surface area (Å²) in [5.74, 6) is 0.788. The molecular weight excluding hydrogens is 438 g/mol. The van der Waals surface area contributed by atoms with Gasteiger partial charge in [-0.15, -0.1) is 0 Å². The van der Waals surface area contributed by atoms with Crippen molar-refractivity contribution in [3.63, 3.8) is 0 Å². The van der Waals surface area contributed by atoms with Gasteiger partial charge in [0.15, 0.2) is 11.2 Å². The van der Waals surface area contributed by atoms with Crippen molar-refractivity contribution < 1.29 is 14.3 Å². The number of imidazole rings is 1. The highest BCUT2D eigenvalue weighted by molar-refractivity contribution is 5.77. The molecule has 0 amide bonds. The summed E-state index contributed by atoms with van der Waals surface area (Å²) < 4.78 is 14.9. The second-order valence-electron chi connectivity index (χ2n) is 8.33. The molecule has 0 aliphatic carbocycles. The average Bonchev–Trinajstić information content (AvgIpc) is 3.09. The second-order valence-corrected chi connectivity index (χ2v) is 8.33. The lowest BCUT2D eigenvalue weighted by molar-refractivity contribution is -0.144. The molecule has 10 heteroatoms. The molecule has 0 unspecified atom stereocenters. The van der Waals surface area contributed by atoms with E-state index in [1.165, 1.54) is 4.57 Å². The summed E-state index contributed by atoms with van der Waals surface area (Å²) in [6.07, 6.45) is 3.39. The number of unbranched alkanes of at least 4 members (excludes halogenated alkanes) is 1. The molecule has 4 rings (SSSR count). The SMILES string of the molecule is CCCCOC(=O)Cn1c(=O)c2c(nc3n2CCCCN3c2ccc(OCC)cc2)n(C)c1=O. The maximum Gasteiger partial charge on any atom is 0.333 e. The Morgan fingerprint density at radius 2 is 1.82 bits per heavy atom. The Morgan fingerprint density at radius 3 is 2.53 bits per heavy atom. The van der Waals surface area contributed by atoms with Gasteiger partial charge in [0.05, 0.1) is 13.2 Å². The summed E-state index contributed by atoms with van der Waals surface area (Å²) in [6.45, 7) is 5.68. The van der Waals surface area contributed by atoms with Crippen molar-refractivity contribution in [2.45, 2.75) is 52.6 Å². The topological polar surface area (TPSA) is 101 Å². The van der Waals surface area contributed by atoms with Crippen LogP contribution in [0.3, 0.4) is 0 Å². The fourth-order valence-electron chi connectivity index (χ4n) is 4.20. The van der Waals surface area contributed by atoms with Crippen LogP contribution in [0.1, 0.15) is 39.5 Å². The maximum absolute atomic E-state index is 13.4. The largest absolute Gasteiger partial charge is 0.494 e. The Hall–Kier alpha value is -3.56. The highest BCUT2D eigenvalue weighted by Crippen LogP contribution is 2.31. The highest BCUT2D eigenvalue weighted by atomic mass is 16.5. The minimum absolute atomic E-state index is 0.270. The van der Waals surface area contributed by atoms with Crippen molar-refractivity contribution in [1.82, 2.24) is 18.7 Å². The molecule has 0 radical (unpaired) electrons. The lowest BCUT2D eigenvalue weighted by Crippen LogP contribution is -2.41. The van der Waals surface area contributed by atoms with Gasteiger partial charge in [-0.05, 0) is 50.5 Å². The Morgan fingerprint density at radius 1 is 1.09 bits per heavy atom. The van der Waals surface area contributed by atoms with Crippen LogP contribution >= 0.6 is 0 Å². The zero-order valence-electron chi connectivity index (χ0n) is 20.0. The molecule has 0 saturated heterocycles. The van der Waals surface area contributed by atoms with Crippen LogP contribution in [0.4, 0.5) is 11.6 Å². The van der Waals surface area contributed by atoms with E-state index in [4.69, 9.17) is 14.5 Å². The first-order valence-electron chi connectivity index (χ1n) is 11.8. The molecule has 1 aliphatic heterocycles. The van der Waals surface area contributed by atoms with Crippen LogP contribution in [0, 0.1) is 0 Å². The number of esters is 1. The van der Waals surface area contributed by atoms with E-state index in [2.05, 4.69) is 4.90 Å². The minimum atomic E-state index is -0.599. The number of anilines is 2. The molecule has 0 spiro atoms. The number of nitrogens with zero attached hydrogens (tertiary/aromatic N) is 5. The molecule has 3 heterocycles. The molecule has 2 aromatic heterocycles. The van der Waals surface area contributed by atoms with E-state index < -0.39 is 23.8 Å². The molecule has 182 valence electrons. The van der Waals surface area contributed by atoms with Crippen LogP contribution < -0.4 is 20.9 Å². The molecule has 1 aliphatic rings. The van der Waals surface area contributed by atoms with E-state index in [1.54, 1.807) is 7.05 Å². The summed E-state index contributed by atoms with van der Waals surface area (Å²) in [5.41, 5.74) is 0.421. The van der Waals surface area contributed by atoms with E-state index in [1.807, 2.05) is 42.7 Å². The van der Waals surface area contributed by atoms with E-state index in [-0.39, 0.29) is 6.61 Å². The number of ether oxygens (including phenoxy) is 2. The molecular formula is C24H31N5O5. The summed E-state index contributed by atoms with van der Waals surface area (Å²) >= 11 is 0. The van der Waals surface area contributed by atoms with Gasteiger partial charge in [-0.2, -0.15) is 4.98 Å². The quantitative estimate of drug-likeness (QED) is 0.369. The number of carbonyl (C=O) groups is 1. The third kappa shape index (κ3) is 4.44. The minimum Gasteiger partial charge on any atom is -0.494 e. The summed E-state index contributed by atoms with van der Waals surface area (Å²) in [6, 6.07) is 7.74. The van der Waals surface area contributed by atoms with Crippen LogP contribution in [0.15, 0.2) is 33.9 Å². The fraction of sp³-hybridized carbons (Fsp3) is 0.500. The van der Waals surface area contributed by atoms with Crippen LogP contribution in [0.2, 0.25) is 0 Å². The number of aryl methyl sites for hydroxylation is 2. The van der Waals surface area contributed by atoms with E-state index in [0.29, 0.717) is 30.3 Å². The van der Waals surface area contributed by atoms with Gasteiger partial charge in [-0.1, -0.05) is 13.3 Å². The van der Waals surface area contributed by atoms with Crippen LogP contribution in [0.5, 0.6) is 5.75 Å². The first-order valence-corrected chi connectivity index (χ1v) is 11.8. The number of hydrogen-bond donors (Lipinski definition) is 0. The van der Waals surface area contributed by atoms with Gasteiger partial charge in [-0.3, -0.25) is 14.2 Å². The fourth-order valence-corrected chi connectivity index (χ4v) is 4.20. The Labute approximate surface area is 197 Å². The van der Waals surface area contributed by atoms with Gasteiger partial charge in [0, 0.05) is 25.8 Å². The number of aromatic nitrogens is 4. The van der Waals surface area contributed by atoms with Crippen molar-refractivity contribution in [3.8, 4) is 5.75 Å². The van der Waals surface area contributed by atoms with Gasteiger partial charge >= 0.3 is 11.7 Å². The van der Waals surface area contributed by atoms with Crippen molar-refractivity contribution in [2.75, 3.05) is 24.7 Å². The first kappa shape index (κ1) is 23.6. The number of carbonyl (C=O) groups excluding carboxylic acids is 1.